The summed E-state index contributed by atoms with van der Waals surface area (Å²) in [6.45, 7) is 3.34. The molecule has 0 aromatic rings. The first-order valence-electron chi connectivity index (χ1n) is 9.27. The van der Waals surface area contributed by atoms with Crippen LogP contribution in [0.3, 0.4) is 0 Å². The number of carboxylic acid groups (broad SMARTS) is 2. The summed E-state index contributed by atoms with van der Waals surface area (Å²) in [4.78, 5) is 44.7. The maximum absolute atomic E-state index is 11.4. The molecule has 0 spiro atoms. The predicted molar refractivity (Wildman–Crippen MR) is 100 cm³/mol. The zero-order valence-corrected chi connectivity index (χ0v) is 17.6. The van der Waals surface area contributed by atoms with Gasteiger partial charge in [0.25, 0.3) is 0 Å². The van der Waals surface area contributed by atoms with Crippen LogP contribution in [-0.4, -0.2) is 93.2 Å². The molecule has 0 radical (unpaired) electrons. The molecule has 0 unspecified atom stereocenters. The fourth-order valence-electron chi connectivity index (χ4n) is 2.56. The van der Waals surface area contributed by atoms with E-state index in [1.807, 2.05) is 0 Å². The highest BCUT2D eigenvalue weighted by molar-refractivity contribution is 6.00. The summed E-state index contributed by atoms with van der Waals surface area (Å²) in [6.07, 6.45) is -0.134. The van der Waals surface area contributed by atoms with Crippen molar-refractivity contribution in [2.75, 3.05) is 33.0 Å². The lowest BCUT2D eigenvalue weighted by molar-refractivity contribution is -0.194. The van der Waals surface area contributed by atoms with E-state index in [-0.39, 0.29) is 26.1 Å². The van der Waals surface area contributed by atoms with E-state index in [0.29, 0.717) is 0 Å². The van der Waals surface area contributed by atoms with Gasteiger partial charge in [-0.25, -0.2) is 0 Å². The van der Waals surface area contributed by atoms with E-state index in [1.54, 1.807) is 13.8 Å². The van der Waals surface area contributed by atoms with Crippen molar-refractivity contribution in [2.24, 2.45) is 10.8 Å². The van der Waals surface area contributed by atoms with Crippen LogP contribution in [0.1, 0.15) is 40.5 Å². The Kier molecular flexibility index (Phi) is 13.1. The van der Waals surface area contributed by atoms with Gasteiger partial charge in [0.2, 0.25) is 10.8 Å². The summed E-state index contributed by atoms with van der Waals surface area (Å²) < 4.78 is 9.19. The highest BCUT2D eigenvalue weighted by Gasteiger charge is 2.60. The zero-order chi connectivity index (χ0) is 24.2. The third kappa shape index (κ3) is 5.88. The molecule has 0 aromatic heterocycles. The lowest BCUT2D eigenvalue weighted by atomic mass is 9.69. The van der Waals surface area contributed by atoms with E-state index in [1.165, 1.54) is 13.8 Å². The molecule has 0 atom stereocenters. The van der Waals surface area contributed by atoms with Crippen LogP contribution in [0.5, 0.6) is 0 Å². The van der Waals surface area contributed by atoms with Crippen molar-refractivity contribution in [1.82, 2.24) is 0 Å². The van der Waals surface area contributed by atoms with Crippen molar-refractivity contribution in [2.45, 2.75) is 46.1 Å². The lowest BCUT2D eigenvalue weighted by Crippen LogP contribution is -2.60. The van der Waals surface area contributed by atoms with Crippen molar-refractivity contribution >= 4 is 23.9 Å². The molecule has 0 aliphatic carbocycles. The number of esters is 2. The minimum absolute atomic E-state index is 0.0555. The van der Waals surface area contributed by atoms with E-state index < -0.39 is 60.1 Å². The van der Waals surface area contributed by atoms with Crippen LogP contribution < -0.4 is 0 Å². The first-order valence-corrected chi connectivity index (χ1v) is 9.27. The Morgan fingerprint density at radius 2 is 1.03 bits per heavy atom. The Morgan fingerprint density at radius 1 is 0.700 bits per heavy atom. The van der Waals surface area contributed by atoms with Gasteiger partial charge in [0.1, 0.15) is 0 Å². The number of rotatable bonds is 12. The summed E-state index contributed by atoms with van der Waals surface area (Å²) in [5, 5.41) is 54.8. The largest absolute Gasteiger partial charge is 0.480 e. The van der Waals surface area contributed by atoms with Crippen LogP contribution in [-0.2, 0) is 28.7 Å². The van der Waals surface area contributed by atoms with E-state index in [2.05, 4.69) is 9.47 Å². The summed E-state index contributed by atoms with van der Waals surface area (Å²) in [5.74, 6) is -5.42. The van der Waals surface area contributed by atoms with Crippen molar-refractivity contribution in [1.29, 1.82) is 0 Å². The summed E-state index contributed by atoms with van der Waals surface area (Å²) in [7, 11) is 0. The van der Waals surface area contributed by atoms with Crippen LogP contribution in [0.2, 0.25) is 0 Å². The molecule has 0 saturated carbocycles. The zero-order valence-electron chi connectivity index (χ0n) is 17.6. The average Bonchev–Trinajstić information content (AvgIpc) is 2.70. The molecule has 0 rings (SSSR count). The van der Waals surface area contributed by atoms with Crippen molar-refractivity contribution in [3.63, 3.8) is 0 Å². The maximum Gasteiger partial charge on any atom is 0.328 e. The summed E-state index contributed by atoms with van der Waals surface area (Å²) >= 11 is 0. The fourth-order valence-corrected chi connectivity index (χ4v) is 2.56. The number of aliphatic hydroxyl groups is 4. The first-order chi connectivity index (χ1) is 13.9. The Bertz CT molecular complexity index is 544. The summed E-state index contributed by atoms with van der Waals surface area (Å²) in [5.41, 5.74) is -6.53. The fraction of sp³-hybridized carbons (Fsp3) is 0.778. The standard InChI is InChI=1S/2C9H16O6/c1-3-14-7(12)9(5-10,6-11)8(13)15-4-2;1-3-8(15,4-2)9(5-10,6(11)12)7(13)14/h10-11H,3-6H2,1-2H3;10,15H,3-5H2,1-2H3,(H,11,12)(H,13,14). The lowest BCUT2D eigenvalue weighted by Gasteiger charge is -2.38. The normalized spacial score (nSPS) is 11.7. The average molecular weight is 440 g/mol. The van der Waals surface area contributed by atoms with Gasteiger partial charge in [-0.05, 0) is 26.7 Å². The van der Waals surface area contributed by atoms with Gasteiger partial charge in [-0.1, -0.05) is 13.8 Å². The molecule has 0 saturated heterocycles. The highest BCUT2D eigenvalue weighted by Crippen LogP contribution is 2.37. The SMILES string of the molecule is CCC(O)(CC)C(CO)(C(=O)O)C(=O)O.CCOC(=O)C(CO)(CO)C(=O)OCC. The van der Waals surface area contributed by atoms with Crippen LogP contribution >= 0.6 is 0 Å². The third-order valence-corrected chi connectivity index (χ3v) is 4.80. The molecule has 0 amide bonds. The second-order valence-corrected chi connectivity index (χ2v) is 6.25. The number of ether oxygens (including phenoxy) is 2. The van der Waals surface area contributed by atoms with E-state index in [9.17, 15) is 24.3 Å². The molecule has 12 nitrogen and oxygen atoms in total. The maximum atomic E-state index is 11.4. The monoisotopic (exact) mass is 440 g/mol. The minimum Gasteiger partial charge on any atom is -0.480 e. The Balaban J connectivity index is 0. The van der Waals surface area contributed by atoms with Gasteiger partial charge < -0.3 is 40.1 Å². The van der Waals surface area contributed by atoms with E-state index in [0.717, 1.165) is 0 Å². The molecule has 0 aliphatic heterocycles. The Morgan fingerprint density at radius 3 is 1.17 bits per heavy atom. The number of aliphatic hydroxyl groups excluding tert-OH is 3. The van der Waals surface area contributed by atoms with Crippen LogP contribution in [0, 0.1) is 10.8 Å². The van der Waals surface area contributed by atoms with Gasteiger partial charge in [-0.15, -0.1) is 0 Å². The first kappa shape index (κ1) is 29.9. The topological polar surface area (TPSA) is 208 Å². The van der Waals surface area contributed by atoms with Gasteiger partial charge in [0, 0.05) is 0 Å². The predicted octanol–water partition coefficient (Wildman–Crippen LogP) is -1.23. The van der Waals surface area contributed by atoms with Gasteiger partial charge in [0.15, 0.2) is 0 Å². The number of carbonyl (C=O) groups is 4. The summed E-state index contributed by atoms with van der Waals surface area (Å²) in [6, 6.07) is 0. The number of aliphatic carboxylic acids is 2. The molecule has 0 fully saturated rings. The number of hydrogen-bond acceptors (Lipinski definition) is 10. The smallest absolute Gasteiger partial charge is 0.328 e. The van der Waals surface area contributed by atoms with Crippen molar-refractivity contribution in [3.05, 3.63) is 0 Å². The molecular weight excluding hydrogens is 408 g/mol. The quantitative estimate of drug-likeness (QED) is 0.156. The van der Waals surface area contributed by atoms with Crippen LogP contribution in [0.15, 0.2) is 0 Å². The van der Waals surface area contributed by atoms with Gasteiger partial charge in [0.05, 0.1) is 38.6 Å². The Labute approximate surface area is 174 Å². The molecule has 176 valence electrons. The van der Waals surface area contributed by atoms with Crippen LogP contribution in [0.25, 0.3) is 0 Å². The second-order valence-electron chi connectivity index (χ2n) is 6.25. The number of carboxylic acids is 2. The van der Waals surface area contributed by atoms with Gasteiger partial charge in [-0.2, -0.15) is 0 Å². The highest BCUT2D eigenvalue weighted by atomic mass is 16.6. The number of hydrogen-bond donors (Lipinski definition) is 6. The van der Waals surface area contributed by atoms with Gasteiger partial charge in [-0.3, -0.25) is 19.2 Å². The molecular formula is C18H32O12. The molecule has 0 aromatic carbocycles. The third-order valence-electron chi connectivity index (χ3n) is 4.80. The van der Waals surface area contributed by atoms with E-state index >= 15 is 0 Å². The molecule has 0 heterocycles. The Hall–Kier alpha value is -2.28. The molecule has 30 heavy (non-hydrogen) atoms. The number of carbonyl (C=O) groups excluding carboxylic acids is 2. The molecule has 0 aliphatic rings. The van der Waals surface area contributed by atoms with Crippen LogP contribution in [0.4, 0.5) is 0 Å². The van der Waals surface area contributed by atoms with Crippen molar-refractivity contribution < 1.29 is 59.3 Å². The van der Waals surface area contributed by atoms with Gasteiger partial charge >= 0.3 is 23.9 Å². The molecule has 12 heteroatoms. The molecule has 0 bridgehead atoms. The molecule has 6 N–H and O–H groups in total. The van der Waals surface area contributed by atoms with E-state index in [4.69, 9.17) is 25.5 Å². The second kappa shape index (κ2) is 13.1. The minimum atomic E-state index is -2.56. The van der Waals surface area contributed by atoms with Crippen molar-refractivity contribution in [3.8, 4) is 0 Å².